The predicted octanol–water partition coefficient (Wildman–Crippen LogP) is 9.65. The van der Waals surface area contributed by atoms with Gasteiger partial charge in [-0.1, -0.05) is 133 Å². The van der Waals surface area contributed by atoms with E-state index in [-0.39, 0.29) is 56.9 Å². The minimum atomic E-state index is -0.986. The highest BCUT2D eigenvalue weighted by atomic mass is 16.4. The molecule has 0 radical (unpaired) electrons. The van der Waals surface area contributed by atoms with E-state index >= 15 is 0 Å². The third-order valence-corrected chi connectivity index (χ3v) is 9.97. The van der Waals surface area contributed by atoms with Gasteiger partial charge in [0.2, 0.25) is 0 Å². The monoisotopic (exact) mass is 638 g/mol. The molecule has 258 valence electrons. The lowest BCUT2D eigenvalue weighted by atomic mass is 9.58. The molecule has 0 bridgehead atoms. The van der Waals surface area contributed by atoms with Gasteiger partial charge in [0.15, 0.2) is 11.6 Å². The second kappa shape index (κ2) is 14.6. The minimum Gasteiger partial charge on any atom is -0.478 e. The van der Waals surface area contributed by atoms with Crippen molar-refractivity contribution in [1.82, 2.24) is 0 Å². The highest BCUT2D eigenvalue weighted by Crippen LogP contribution is 2.51. The molecule has 2 rings (SSSR count). The van der Waals surface area contributed by atoms with E-state index < -0.39 is 17.4 Å². The molecule has 2 aliphatic carbocycles. The normalized spacial score (nSPS) is 26.9. The molecule has 2 N–H and O–H groups in total. The van der Waals surface area contributed by atoms with Crippen molar-refractivity contribution >= 4 is 23.5 Å². The van der Waals surface area contributed by atoms with Crippen LogP contribution in [0.5, 0.6) is 0 Å². The molecule has 0 aromatic heterocycles. The summed E-state index contributed by atoms with van der Waals surface area (Å²) < 4.78 is 0. The molecule has 0 amide bonds. The molecule has 0 spiro atoms. The Morgan fingerprint density at radius 1 is 0.761 bits per heavy atom. The molecule has 0 aromatic rings. The summed E-state index contributed by atoms with van der Waals surface area (Å²) in [6.07, 6.45) is 15.9. The fourth-order valence-corrected chi connectivity index (χ4v) is 7.55. The number of hydrogen-bond acceptors (Lipinski definition) is 4. The van der Waals surface area contributed by atoms with Crippen molar-refractivity contribution in [2.24, 2.45) is 50.7 Å². The topological polar surface area (TPSA) is 109 Å². The molecule has 0 aliphatic heterocycles. The van der Waals surface area contributed by atoms with E-state index in [1.807, 2.05) is 53.7 Å². The van der Waals surface area contributed by atoms with Gasteiger partial charge in [-0.2, -0.15) is 0 Å². The van der Waals surface area contributed by atoms with Crippen LogP contribution in [0.25, 0.3) is 0 Å². The maximum atomic E-state index is 13.9. The largest absolute Gasteiger partial charge is 0.478 e. The average molecular weight is 639 g/mol. The highest BCUT2D eigenvalue weighted by molar-refractivity contribution is 6.00. The third kappa shape index (κ3) is 10.4. The first kappa shape index (κ1) is 39.4. The Kier molecular flexibility index (Phi) is 12.5. The summed E-state index contributed by atoms with van der Waals surface area (Å²) in [5.41, 5.74) is -0.152. The van der Waals surface area contributed by atoms with Gasteiger partial charge in [-0.3, -0.25) is 9.59 Å². The zero-order chi connectivity index (χ0) is 35.5. The Balaban J connectivity index is 2.29. The van der Waals surface area contributed by atoms with Crippen LogP contribution in [0.1, 0.15) is 128 Å². The molecule has 46 heavy (non-hydrogen) atoms. The van der Waals surface area contributed by atoms with Gasteiger partial charge in [0.1, 0.15) is 0 Å². The lowest BCUT2D eigenvalue weighted by molar-refractivity contribution is -0.132. The number of ketones is 2. The zero-order valence-electron chi connectivity index (χ0n) is 30.8. The van der Waals surface area contributed by atoms with Crippen LogP contribution in [0.15, 0.2) is 47.6 Å². The molecule has 0 saturated carbocycles. The Morgan fingerprint density at radius 3 is 1.78 bits per heavy atom. The van der Waals surface area contributed by atoms with Crippen molar-refractivity contribution in [2.75, 3.05) is 0 Å². The van der Waals surface area contributed by atoms with Crippen LogP contribution in [0.3, 0.4) is 0 Å². The minimum absolute atomic E-state index is 0.00761. The highest BCUT2D eigenvalue weighted by Gasteiger charge is 2.47. The Bertz CT molecular complexity index is 1260. The SMILES string of the molecule is CC(C)(C)C1=CC(C=CC(=O)O)(CCCCCCC2C(C=CC(=O)O)C=C(C(C)(C)C)C(=O)C2C(C)(C)C)CC(C(C)(C)C)C1=O. The summed E-state index contributed by atoms with van der Waals surface area (Å²) in [6, 6.07) is 0. The molecule has 6 heteroatoms. The second-order valence-electron chi connectivity index (χ2n) is 18.1. The number of carboxylic acids is 2. The van der Waals surface area contributed by atoms with Gasteiger partial charge in [0.25, 0.3) is 0 Å². The van der Waals surface area contributed by atoms with Crippen LogP contribution in [0.4, 0.5) is 0 Å². The number of Topliss-reactive ketones (excluding diaryl/α,β-unsaturated/α-hetero) is 2. The van der Waals surface area contributed by atoms with E-state index in [2.05, 4.69) is 47.6 Å². The van der Waals surface area contributed by atoms with Crippen molar-refractivity contribution in [3.8, 4) is 0 Å². The predicted molar refractivity (Wildman–Crippen MR) is 186 cm³/mol. The van der Waals surface area contributed by atoms with Crippen molar-refractivity contribution in [1.29, 1.82) is 0 Å². The third-order valence-electron chi connectivity index (χ3n) is 9.97. The summed E-state index contributed by atoms with van der Waals surface area (Å²) in [4.78, 5) is 50.7. The first-order valence-electron chi connectivity index (χ1n) is 17.2. The molecule has 0 aromatic carbocycles. The second-order valence-corrected chi connectivity index (χ2v) is 18.1. The van der Waals surface area contributed by atoms with Crippen molar-refractivity contribution < 1.29 is 29.4 Å². The fraction of sp³-hybridized carbons (Fsp3) is 0.700. The van der Waals surface area contributed by atoms with E-state index in [9.17, 15) is 29.4 Å². The van der Waals surface area contributed by atoms with E-state index in [0.29, 0.717) is 6.42 Å². The maximum absolute atomic E-state index is 13.9. The van der Waals surface area contributed by atoms with Gasteiger partial charge in [-0.05, 0) is 63.9 Å². The van der Waals surface area contributed by atoms with Gasteiger partial charge in [0, 0.05) is 29.4 Å². The number of allylic oxidation sites excluding steroid dienone is 6. The van der Waals surface area contributed by atoms with Crippen molar-refractivity contribution in [3.05, 3.63) is 47.6 Å². The number of carbonyl (C=O) groups is 4. The smallest absolute Gasteiger partial charge is 0.328 e. The molecule has 5 unspecified atom stereocenters. The summed E-state index contributed by atoms with van der Waals surface area (Å²) in [6.45, 7) is 24.9. The van der Waals surface area contributed by atoms with Gasteiger partial charge < -0.3 is 10.2 Å². The molecular formula is C40H62O6. The van der Waals surface area contributed by atoms with Gasteiger partial charge >= 0.3 is 11.9 Å². The molecular weight excluding hydrogens is 576 g/mol. The Morgan fingerprint density at radius 2 is 1.30 bits per heavy atom. The van der Waals surface area contributed by atoms with Crippen LogP contribution >= 0.6 is 0 Å². The van der Waals surface area contributed by atoms with Crippen LogP contribution in [0.2, 0.25) is 0 Å². The van der Waals surface area contributed by atoms with Crippen LogP contribution in [-0.4, -0.2) is 33.7 Å². The summed E-state index contributed by atoms with van der Waals surface area (Å²) in [7, 11) is 0. The van der Waals surface area contributed by atoms with E-state index in [1.165, 1.54) is 12.2 Å². The molecule has 6 nitrogen and oxygen atoms in total. The molecule has 0 heterocycles. The van der Waals surface area contributed by atoms with E-state index in [1.54, 1.807) is 6.08 Å². The lowest BCUT2D eigenvalue weighted by Crippen LogP contribution is -2.44. The van der Waals surface area contributed by atoms with Gasteiger partial charge in [-0.15, -0.1) is 0 Å². The first-order valence-corrected chi connectivity index (χ1v) is 17.2. The first-order chi connectivity index (χ1) is 20.8. The van der Waals surface area contributed by atoms with Crippen LogP contribution < -0.4 is 0 Å². The van der Waals surface area contributed by atoms with E-state index in [0.717, 1.165) is 49.7 Å². The number of rotatable bonds is 11. The van der Waals surface area contributed by atoms with Gasteiger partial charge in [0.05, 0.1) is 0 Å². The van der Waals surface area contributed by atoms with Crippen LogP contribution in [-0.2, 0) is 19.2 Å². The standard InChI is InChI=1S/C40H62O6/c1-36(2,3)28-23-26(18-19-31(41)42)27(33(35(28)46)39(10,11)12)17-15-13-14-16-21-40(22-20-32(43)44)24-29(37(4,5)6)34(45)30(25-40)38(7,8)9/h18-20,22-24,26-27,30,33H,13-17,21,25H2,1-12H3,(H,41,42)(H,43,44). The molecule has 2 aliphatic rings. The van der Waals surface area contributed by atoms with Gasteiger partial charge in [-0.25, -0.2) is 9.59 Å². The van der Waals surface area contributed by atoms with E-state index in [4.69, 9.17) is 0 Å². The lowest BCUT2D eigenvalue weighted by Gasteiger charge is -2.44. The zero-order valence-corrected chi connectivity index (χ0v) is 30.8. The Hall–Kier alpha value is -2.76. The Labute approximate surface area is 278 Å². The summed E-state index contributed by atoms with van der Waals surface area (Å²) >= 11 is 0. The number of carboxylic acid groups (broad SMARTS) is 2. The number of carbonyl (C=O) groups excluding carboxylic acids is 2. The number of unbranched alkanes of at least 4 members (excludes halogenated alkanes) is 3. The summed E-state index contributed by atoms with van der Waals surface area (Å²) in [5, 5.41) is 18.9. The van der Waals surface area contributed by atoms with Crippen molar-refractivity contribution in [2.45, 2.75) is 128 Å². The summed E-state index contributed by atoms with van der Waals surface area (Å²) in [5.74, 6) is -2.16. The number of aliphatic carboxylic acids is 2. The quantitative estimate of drug-likeness (QED) is 0.172. The average Bonchev–Trinajstić information content (AvgIpc) is 2.87. The number of hydrogen-bond donors (Lipinski definition) is 2. The molecule has 5 atom stereocenters. The van der Waals surface area contributed by atoms with Crippen LogP contribution in [0, 0.1) is 50.7 Å². The van der Waals surface area contributed by atoms with Crippen molar-refractivity contribution in [3.63, 3.8) is 0 Å². The molecule has 0 saturated heterocycles. The maximum Gasteiger partial charge on any atom is 0.328 e. The fourth-order valence-electron chi connectivity index (χ4n) is 7.55. The molecule has 0 fully saturated rings.